The van der Waals surface area contributed by atoms with Crippen LogP contribution in [0.3, 0.4) is 0 Å². The Morgan fingerprint density at radius 1 is 0.769 bits per heavy atom. The highest BCUT2D eigenvalue weighted by Gasteiger charge is 2.38. The molecule has 10 nitrogen and oxygen atoms in total. The van der Waals surface area contributed by atoms with Crippen LogP contribution in [-0.4, -0.2) is 71.6 Å². The van der Waals surface area contributed by atoms with Gasteiger partial charge in [0, 0.05) is 19.0 Å². The Bertz CT molecular complexity index is 1820. The topological polar surface area (TPSA) is 135 Å². The molecule has 2 saturated carbocycles. The maximum absolute atomic E-state index is 13.3. The van der Waals surface area contributed by atoms with Crippen molar-refractivity contribution in [1.82, 2.24) is 29.7 Å². The van der Waals surface area contributed by atoms with Crippen LogP contribution in [0.1, 0.15) is 108 Å². The zero-order valence-corrected chi connectivity index (χ0v) is 30.4. The van der Waals surface area contributed by atoms with E-state index in [1.807, 2.05) is 18.0 Å². The second-order valence-electron chi connectivity index (χ2n) is 15.0. The number of hydrogen-bond donors (Lipinski definition) is 3. The number of hydrogen-bond acceptors (Lipinski definition) is 6. The van der Waals surface area contributed by atoms with Crippen LogP contribution < -0.4 is 0 Å². The molecular weight excluding hydrogens is 653 g/mol. The maximum atomic E-state index is 13.3. The summed E-state index contributed by atoms with van der Waals surface area (Å²) in [6, 6.07) is 16.5. The largest absolute Gasteiger partial charge is 0.383 e. The summed E-state index contributed by atoms with van der Waals surface area (Å²) in [6.45, 7) is 3.48. The molecule has 4 aromatic rings. The van der Waals surface area contributed by atoms with E-state index in [1.165, 1.54) is 6.42 Å². The van der Waals surface area contributed by atoms with Crippen molar-refractivity contribution >= 4 is 17.6 Å². The molecule has 10 heteroatoms. The monoisotopic (exact) mass is 704 g/mol. The number of H-pyrrole nitrogens is 2. The quantitative estimate of drug-likeness (QED) is 0.130. The molecule has 1 aliphatic heterocycles. The zero-order chi connectivity index (χ0) is 36.0. The number of imidazole rings is 2. The standard InChI is InChI=1S/C42H52N6O4/c1-2-23-47(41(51)38(49)32-10-5-3-6-11-32)27-37-43-25-34(45-37)30-19-15-28(16-20-30)29-17-21-31(22-18-29)35-26-44-40(46-35)36-14-9-24-48(36)42(52)39(50)33-12-7-4-8-13-33/h15-22,25-26,32-33,36,39,50H,2-14,23-24,27H2,1H3,(H,43,45)(H,44,46)/t36-,39-/m0/s1. The van der Waals surface area contributed by atoms with Gasteiger partial charge in [-0.2, -0.15) is 0 Å². The van der Waals surface area contributed by atoms with Crippen LogP contribution >= 0.6 is 0 Å². The average molecular weight is 705 g/mol. The van der Waals surface area contributed by atoms with E-state index in [9.17, 15) is 19.5 Å². The Hall–Kier alpha value is -4.57. The van der Waals surface area contributed by atoms with Gasteiger partial charge in [0.15, 0.2) is 0 Å². The molecule has 2 aromatic heterocycles. The molecule has 2 amide bonds. The number of Topliss-reactive ketones (excluding diaryl/α,β-unsaturated/α-hetero) is 1. The first-order chi connectivity index (χ1) is 25.4. The van der Waals surface area contributed by atoms with Crippen LogP contribution in [0.4, 0.5) is 0 Å². The van der Waals surface area contributed by atoms with Gasteiger partial charge >= 0.3 is 0 Å². The number of aromatic nitrogens is 4. The zero-order valence-electron chi connectivity index (χ0n) is 30.4. The number of aliphatic hydroxyl groups is 1. The molecule has 0 unspecified atom stereocenters. The number of carbonyl (C=O) groups is 3. The minimum absolute atomic E-state index is 0.0665. The van der Waals surface area contributed by atoms with Gasteiger partial charge < -0.3 is 24.9 Å². The van der Waals surface area contributed by atoms with Gasteiger partial charge in [0.1, 0.15) is 17.8 Å². The van der Waals surface area contributed by atoms with Crippen LogP contribution in [0.5, 0.6) is 0 Å². The molecular formula is C42H52N6O4. The van der Waals surface area contributed by atoms with E-state index in [0.29, 0.717) is 18.9 Å². The van der Waals surface area contributed by atoms with Gasteiger partial charge in [0.05, 0.1) is 36.4 Å². The third-order valence-electron chi connectivity index (χ3n) is 11.5. The molecule has 2 aliphatic carbocycles. The second-order valence-corrected chi connectivity index (χ2v) is 15.0. The second kappa shape index (κ2) is 16.4. The Morgan fingerprint density at radius 2 is 1.35 bits per heavy atom. The third-order valence-corrected chi connectivity index (χ3v) is 11.5. The first-order valence-electron chi connectivity index (χ1n) is 19.5. The lowest BCUT2D eigenvalue weighted by Crippen LogP contribution is -2.43. The highest BCUT2D eigenvalue weighted by atomic mass is 16.3. The van der Waals surface area contributed by atoms with Crippen molar-refractivity contribution in [1.29, 1.82) is 0 Å². The summed E-state index contributed by atoms with van der Waals surface area (Å²) in [6.07, 6.45) is 15.3. The van der Waals surface area contributed by atoms with Crippen LogP contribution in [0.15, 0.2) is 60.9 Å². The maximum Gasteiger partial charge on any atom is 0.290 e. The van der Waals surface area contributed by atoms with Crippen molar-refractivity contribution in [3.8, 4) is 33.6 Å². The molecule has 0 radical (unpaired) electrons. The first kappa shape index (κ1) is 35.8. The van der Waals surface area contributed by atoms with E-state index in [0.717, 1.165) is 117 Å². The van der Waals surface area contributed by atoms with Crippen LogP contribution in [-0.2, 0) is 20.9 Å². The molecule has 3 N–H and O–H groups in total. The Balaban J connectivity index is 0.971. The van der Waals surface area contributed by atoms with E-state index in [2.05, 4.69) is 68.5 Å². The van der Waals surface area contributed by atoms with Crippen LogP contribution in [0, 0.1) is 11.8 Å². The summed E-state index contributed by atoms with van der Waals surface area (Å²) in [4.78, 5) is 59.0. The summed E-state index contributed by atoms with van der Waals surface area (Å²) in [7, 11) is 0. The number of amides is 2. The molecule has 3 heterocycles. The van der Waals surface area contributed by atoms with Gasteiger partial charge in [-0.05, 0) is 73.1 Å². The lowest BCUT2D eigenvalue weighted by atomic mass is 9.85. The summed E-state index contributed by atoms with van der Waals surface area (Å²) in [5, 5.41) is 10.9. The molecule has 3 fully saturated rings. The summed E-state index contributed by atoms with van der Waals surface area (Å²) >= 11 is 0. The fourth-order valence-corrected chi connectivity index (χ4v) is 8.46. The Kier molecular flexibility index (Phi) is 11.3. The molecule has 7 rings (SSSR count). The van der Waals surface area contributed by atoms with E-state index >= 15 is 0 Å². The number of carbonyl (C=O) groups excluding carboxylic acids is 3. The van der Waals surface area contributed by atoms with Crippen LogP contribution in [0.2, 0.25) is 0 Å². The van der Waals surface area contributed by atoms with Gasteiger partial charge in [-0.1, -0.05) is 94.0 Å². The predicted molar refractivity (Wildman–Crippen MR) is 201 cm³/mol. The van der Waals surface area contributed by atoms with Gasteiger partial charge in [0.2, 0.25) is 5.78 Å². The van der Waals surface area contributed by atoms with Gasteiger partial charge in [-0.15, -0.1) is 0 Å². The SMILES string of the molecule is CCCN(Cc1ncc(-c2ccc(-c3ccc(-c4cnc([C@@H]5CCCN5C(=O)[C@@H](O)C5CCCCC5)[nH]4)cc3)cc2)[nH]1)C(=O)C(=O)C1CCCCC1. The van der Waals surface area contributed by atoms with Gasteiger partial charge in [-0.25, -0.2) is 9.97 Å². The number of benzene rings is 2. The first-order valence-corrected chi connectivity index (χ1v) is 19.5. The minimum atomic E-state index is -0.921. The molecule has 2 aromatic carbocycles. The summed E-state index contributed by atoms with van der Waals surface area (Å²) < 4.78 is 0. The highest BCUT2D eigenvalue weighted by Crippen LogP contribution is 2.35. The normalized spacial score (nSPS) is 19.1. The van der Waals surface area contributed by atoms with Crippen molar-refractivity contribution < 1.29 is 19.5 Å². The van der Waals surface area contributed by atoms with Crippen molar-refractivity contribution in [2.24, 2.45) is 11.8 Å². The number of likely N-dealkylation sites (tertiary alicyclic amines) is 1. The van der Waals surface area contributed by atoms with Gasteiger partial charge in [-0.3, -0.25) is 14.4 Å². The summed E-state index contributed by atoms with van der Waals surface area (Å²) in [5.41, 5.74) is 5.93. The third kappa shape index (κ3) is 7.92. The Morgan fingerprint density at radius 3 is 1.98 bits per heavy atom. The smallest absolute Gasteiger partial charge is 0.290 e. The fourth-order valence-electron chi connectivity index (χ4n) is 8.46. The number of rotatable bonds is 12. The lowest BCUT2D eigenvalue weighted by Gasteiger charge is -2.31. The minimum Gasteiger partial charge on any atom is -0.383 e. The van der Waals surface area contributed by atoms with Crippen LogP contribution in [0.25, 0.3) is 33.6 Å². The van der Waals surface area contributed by atoms with Crippen molar-refractivity contribution in [2.45, 2.75) is 109 Å². The number of ketones is 1. The molecule has 274 valence electrons. The van der Waals surface area contributed by atoms with E-state index in [4.69, 9.17) is 0 Å². The van der Waals surface area contributed by atoms with E-state index in [-0.39, 0.29) is 42.0 Å². The average Bonchev–Trinajstić information content (AvgIpc) is 3.99. The van der Waals surface area contributed by atoms with E-state index < -0.39 is 6.10 Å². The van der Waals surface area contributed by atoms with Crippen molar-refractivity contribution in [3.05, 3.63) is 72.6 Å². The number of aromatic amines is 2. The molecule has 1 saturated heterocycles. The molecule has 2 atom stereocenters. The highest BCUT2D eigenvalue weighted by molar-refractivity contribution is 6.36. The van der Waals surface area contributed by atoms with Crippen molar-refractivity contribution in [2.75, 3.05) is 13.1 Å². The molecule has 0 spiro atoms. The number of nitrogens with zero attached hydrogens (tertiary/aromatic N) is 4. The van der Waals surface area contributed by atoms with Gasteiger partial charge in [0.25, 0.3) is 11.8 Å². The molecule has 52 heavy (non-hydrogen) atoms. The fraction of sp³-hybridized carbons (Fsp3) is 0.500. The van der Waals surface area contributed by atoms with Crippen molar-refractivity contribution in [3.63, 3.8) is 0 Å². The lowest BCUT2D eigenvalue weighted by molar-refractivity contribution is -0.147. The summed E-state index contributed by atoms with van der Waals surface area (Å²) in [5.74, 6) is 0.592. The molecule has 0 bridgehead atoms. The predicted octanol–water partition coefficient (Wildman–Crippen LogP) is 7.63. The number of aliphatic hydroxyl groups excluding tert-OH is 1. The molecule has 3 aliphatic rings. The van der Waals surface area contributed by atoms with E-state index in [1.54, 1.807) is 11.1 Å². The Labute approximate surface area is 306 Å². The number of nitrogens with one attached hydrogen (secondary N) is 2.